The quantitative estimate of drug-likeness (QED) is 0.765. The summed E-state index contributed by atoms with van der Waals surface area (Å²) in [5.74, 6) is -0.0625. The van der Waals surface area contributed by atoms with Crippen molar-refractivity contribution in [1.82, 2.24) is 4.90 Å². The van der Waals surface area contributed by atoms with Crippen LogP contribution < -0.4 is 10.1 Å². The summed E-state index contributed by atoms with van der Waals surface area (Å²) in [7, 11) is 0. The molecule has 0 aromatic heterocycles. The van der Waals surface area contributed by atoms with Gasteiger partial charge in [0.05, 0.1) is 28.9 Å². The van der Waals surface area contributed by atoms with E-state index in [1.807, 2.05) is 19.9 Å². The summed E-state index contributed by atoms with van der Waals surface area (Å²) in [6, 6.07) is 8.51. The van der Waals surface area contributed by atoms with Gasteiger partial charge in [0, 0.05) is 18.7 Å². The molecule has 8 heteroatoms. The van der Waals surface area contributed by atoms with Crippen LogP contribution in [0.5, 0.6) is 5.75 Å². The van der Waals surface area contributed by atoms with Crippen molar-refractivity contribution in [2.45, 2.75) is 13.8 Å². The van der Waals surface area contributed by atoms with Gasteiger partial charge in [-0.3, -0.25) is 9.59 Å². The first-order valence-electron chi connectivity index (χ1n) is 9.21. The molecule has 1 N–H and O–H groups in total. The van der Waals surface area contributed by atoms with Crippen molar-refractivity contribution in [3.05, 3.63) is 57.1 Å². The van der Waals surface area contributed by atoms with Crippen molar-refractivity contribution in [3.63, 3.8) is 0 Å². The van der Waals surface area contributed by atoms with E-state index >= 15 is 0 Å². The zero-order valence-corrected chi connectivity index (χ0v) is 17.8. The fraction of sp³-hybridized carbons (Fsp3) is 0.333. The van der Waals surface area contributed by atoms with Gasteiger partial charge in [0.1, 0.15) is 5.75 Å². The third-order valence-corrected chi connectivity index (χ3v) is 5.12. The van der Waals surface area contributed by atoms with Gasteiger partial charge in [-0.05, 0) is 49.2 Å². The van der Waals surface area contributed by atoms with Gasteiger partial charge in [0.2, 0.25) is 0 Å². The van der Waals surface area contributed by atoms with Crippen molar-refractivity contribution in [2.75, 3.05) is 38.2 Å². The van der Waals surface area contributed by atoms with Crippen LogP contribution in [0.25, 0.3) is 0 Å². The first kappa shape index (κ1) is 21.4. The lowest BCUT2D eigenvalue weighted by Gasteiger charge is -2.27. The number of ether oxygens (including phenoxy) is 2. The highest BCUT2D eigenvalue weighted by atomic mass is 35.5. The molecular formula is C21H22Cl2N2O4. The van der Waals surface area contributed by atoms with Crippen LogP contribution >= 0.6 is 23.2 Å². The van der Waals surface area contributed by atoms with Gasteiger partial charge in [-0.15, -0.1) is 0 Å². The lowest BCUT2D eigenvalue weighted by Crippen LogP contribution is -2.40. The van der Waals surface area contributed by atoms with E-state index in [2.05, 4.69) is 5.32 Å². The van der Waals surface area contributed by atoms with Crippen molar-refractivity contribution in [1.29, 1.82) is 0 Å². The third kappa shape index (κ3) is 5.41. The lowest BCUT2D eigenvalue weighted by atomic mass is 10.1. The van der Waals surface area contributed by atoms with E-state index in [-0.39, 0.29) is 12.5 Å². The molecule has 0 saturated carbocycles. The maximum absolute atomic E-state index is 12.6. The predicted molar refractivity (Wildman–Crippen MR) is 113 cm³/mol. The molecule has 1 aliphatic rings. The topological polar surface area (TPSA) is 67.9 Å². The second-order valence-corrected chi connectivity index (χ2v) is 7.64. The van der Waals surface area contributed by atoms with Crippen molar-refractivity contribution in [3.8, 4) is 5.75 Å². The highest BCUT2D eigenvalue weighted by molar-refractivity contribution is 6.34. The number of aryl methyl sites for hydroxylation is 2. The van der Waals surface area contributed by atoms with Crippen LogP contribution in [0.4, 0.5) is 5.69 Å². The number of halogens is 2. The van der Waals surface area contributed by atoms with Crippen LogP contribution in [0.3, 0.4) is 0 Å². The molecule has 0 unspecified atom stereocenters. The summed E-state index contributed by atoms with van der Waals surface area (Å²) >= 11 is 12.4. The molecule has 154 valence electrons. The molecule has 1 heterocycles. The Morgan fingerprint density at radius 3 is 2.52 bits per heavy atom. The molecule has 6 nitrogen and oxygen atoms in total. The third-order valence-electron chi connectivity index (χ3n) is 4.51. The summed E-state index contributed by atoms with van der Waals surface area (Å²) in [6.07, 6.45) is 0. The van der Waals surface area contributed by atoms with Gasteiger partial charge in [0.25, 0.3) is 11.8 Å². The molecule has 0 aliphatic carbocycles. The molecule has 2 aromatic rings. The number of anilines is 1. The normalized spacial score (nSPS) is 13.9. The van der Waals surface area contributed by atoms with E-state index in [0.29, 0.717) is 53.3 Å². The number of benzene rings is 2. The number of carbonyl (C=O) groups is 2. The molecule has 0 bridgehead atoms. The molecule has 1 aliphatic heterocycles. The molecule has 3 rings (SSSR count). The molecule has 0 atom stereocenters. The second-order valence-electron chi connectivity index (χ2n) is 6.83. The molecule has 29 heavy (non-hydrogen) atoms. The smallest absolute Gasteiger partial charge is 0.262 e. The summed E-state index contributed by atoms with van der Waals surface area (Å²) in [4.78, 5) is 26.7. The minimum Gasteiger partial charge on any atom is -0.482 e. The van der Waals surface area contributed by atoms with Gasteiger partial charge in [-0.1, -0.05) is 29.3 Å². The SMILES string of the molecule is Cc1cc(C)c(OCC(=O)Nc2cc(C(=O)N3CCOCC3)ccc2Cl)c(Cl)c1. The minimum atomic E-state index is -0.404. The van der Waals surface area contributed by atoms with Gasteiger partial charge in [-0.25, -0.2) is 0 Å². The Kier molecular flexibility index (Phi) is 7.00. The van der Waals surface area contributed by atoms with E-state index in [4.69, 9.17) is 32.7 Å². The van der Waals surface area contributed by atoms with Crippen molar-refractivity contribution in [2.24, 2.45) is 0 Å². The van der Waals surface area contributed by atoms with Gasteiger partial charge in [-0.2, -0.15) is 0 Å². The zero-order valence-electron chi connectivity index (χ0n) is 16.3. The van der Waals surface area contributed by atoms with Crippen LogP contribution in [0.15, 0.2) is 30.3 Å². The number of hydrogen-bond donors (Lipinski definition) is 1. The molecular weight excluding hydrogens is 415 g/mol. The van der Waals surface area contributed by atoms with Crippen LogP contribution in [0.1, 0.15) is 21.5 Å². The van der Waals surface area contributed by atoms with E-state index < -0.39 is 5.91 Å². The first-order chi connectivity index (χ1) is 13.8. The molecule has 0 spiro atoms. The van der Waals surface area contributed by atoms with E-state index in [9.17, 15) is 9.59 Å². The standard InChI is InChI=1S/C21H22Cl2N2O4/c1-13-9-14(2)20(17(23)10-13)29-12-19(26)24-18-11-15(3-4-16(18)22)21(27)25-5-7-28-8-6-25/h3-4,9-11H,5-8,12H2,1-2H3,(H,24,26). The van der Waals surface area contributed by atoms with Crippen LogP contribution in [0.2, 0.25) is 10.0 Å². The Labute approximate surface area is 179 Å². The highest BCUT2D eigenvalue weighted by Crippen LogP contribution is 2.30. The lowest BCUT2D eigenvalue weighted by molar-refractivity contribution is -0.118. The monoisotopic (exact) mass is 436 g/mol. The molecule has 2 amide bonds. The van der Waals surface area contributed by atoms with Crippen molar-refractivity contribution >= 4 is 40.7 Å². The van der Waals surface area contributed by atoms with E-state index in [1.54, 1.807) is 29.2 Å². The molecule has 1 saturated heterocycles. The molecule has 2 aromatic carbocycles. The Hall–Kier alpha value is -2.28. The number of morpholine rings is 1. The number of rotatable bonds is 5. The van der Waals surface area contributed by atoms with Crippen LogP contribution in [-0.4, -0.2) is 49.6 Å². The number of nitrogens with one attached hydrogen (secondary N) is 1. The summed E-state index contributed by atoms with van der Waals surface area (Å²) in [5.41, 5.74) is 2.66. The fourth-order valence-corrected chi connectivity index (χ4v) is 3.65. The zero-order chi connectivity index (χ0) is 21.0. The molecule has 1 fully saturated rings. The van der Waals surface area contributed by atoms with Crippen molar-refractivity contribution < 1.29 is 19.1 Å². The average Bonchev–Trinajstić information content (AvgIpc) is 2.69. The number of amides is 2. The average molecular weight is 437 g/mol. The van der Waals surface area contributed by atoms with Gasteiger partial charge < -0.3 is 19.7 Å². The second kappa shape index (κ2) is 9.48. The Morgan fingerprint density at radius 1 is 1.10 bits per heavy atom. The number of nitrogens with zero attached hydrogens (tertiary/aromatic N) is 1. The maximum atomic E-state index is 12.6. The number of hydrogen-bond acceptors (Lipinski definition) is 4. The Bertz CT molecular complexity index is 904. The van der Waals surface area contributed by atoms with E-state index in [1.165, 1.54) is 0 Å². The van der Waals surface area contributed by atoms with Gasteiger partial charge in [0.15, 0.2) is 6.61 Å². The van der Waals surface area contributed by atoms with Crippen LogP contribution in [-0.2, 0) is 9.53 Å². The fourth-order valence-electron chi connectivity index (χ4n) is 3.11. The molecule has 0 radical (unpaired) electrons. The Morgan fingerprint density at radius 2 is 1.83 bits per heavy atom. The van der Waals surface area contributed by atoms with Gasteiger partial charge >= 0.3 is 0 Å². The highest BCUT2D eigenvalue weighted by Gasteiger charge is 2.20. The summed E-state index contributed by atoms with van der Waals surface area (Å²) in [5, 5.41) is 3.48. The van der Waals surface area contributed by atoms with E-state index in [0.717, 1.165) is 11.1 Å². The largest absolute Gasteiger partial charge is 0.482 e. The number of carbonyl (C=O) groups excluding carboxylic acids is 2. The summed E-state index contributed by atoms with van der Waals surface area (Å²) in [6.45, 7) is 5.66. The maximum Gasteiger partial charge on any atom is 0.262 e. The summed E-state index contributed by atoms with van der Waals surface area (Å²) < 4.78 is 10.9. The first-order valence-corrected chi connectivity index (χ1v) is 9.96. The predicted octanol–water partition coefficient (Wildman–Crippen LogP) is 4.10. The Balaban J connectivity index is 1.66. The van der Waals surface area contributed by atoms with Crippen LogP contribution in [0, 0.1) is 13.8 Å². The minimum absolute atomic E-state index is 0.126.